The third-order valence-corrected chi connectivity index (χ3v) is 6.36. The number of hydrogen-bond acceptors (Lipinski definition) is 6. The van der Waals surface area contributed by atoms with Crippen LogP contribution >= 0.6 is 23.6 Å². The standard InChI is InChI=1S/C23H19N5O2S2/c1-14-6-8-15(9-7-14)21-26-27-23(31)28(21)13-20(29)24-12-16-10-11-18(30-16)22-25-17-4-2-3-5-19(17)32-22/h2-11H,12-13H2,1H3,(H,24,29)(H,27,31). The number of aromatic amines is 1. The van der Waals surface area contributed by atoms with Gasteiger partial charge >= 0.3 is 0 Å². The van der Waals surface area contributed by atoms with E-state index in [-0.39, 0.29) is 19.0 Å². The van der Waals surface area contributed by atoms with Gasteiger partial charge in [-0.05, 0) is 43.4 Å². The van der Waals surface area contributed by atoms with E-state index in [0.29, 0.717) is 22.1 Å². The average Bonchev–Trinajstić information content (AvgIpc) is 3.52. The molecule has 0 bridgehead atoms. The van der Waals surface area contributed by atoms with Gasteiger partial charge in [-0.3, -0.25) is 14.5 Å². The Morgan fingerprint density at radius 2 is 1.97 bits per heavy atom. The monoisotopic (exact) mass is 461 g/mol. The number of fused-ring (bicyclic) bond motifs is 1. The van der Waals surface area contributed by atoms with Crippen molar-refractivity contribution in [3.63, 3.8) is 0 Å². The van der Waals surface area contributed by atoms with Crippen molar-refractivity contribution in [1.82, 2.24) is 25.1 Å². The number of H-pyrrole nitrogens is 1. The molecule has 0 aliphatic heterocycles. The molecule has 0 saturated heterocycles. The molecule has 0 aliphatic carbocycles. The third kappa shape index (κ3) is 4.12. The van der Waals surface area contributed by atoms with E-state index in [1.807, 2.05) is 67.6 Å². The topological polar surface area (TPSA) is 88.7 Å². The van der Waals surface area contributed by atoms with E-state index in [2.05, 4.69) is 20.5 Å². The zero-order valence-electron chi connectivity index (χ0n) is 17.2. The molecule has 0 spiro atoms. The summed E-state index contributed by atoms with van der Waals surface area (Å²) in [7, 11) is 0. The first-order valence-electron chi connectivity index (χ1n) is 10.0. The Labute approximate surface area is 192 Å². The number of nitrogens with one attached hydrogen (secondary N) is 2. The van der Waals surface area contributed by atoms with Crippen molar-refractivity contribution in [3.8, 4) is 22.2 Å². The van der Waals surface area contributed by atoms with Gasteiger partial charge in [0.05, 0.1) is 16.8 Å². The summed E-state index contributed by atoms with van der Waals surface area (Å²) < 4.78 is 9.09. The maximum absolute atomic E-state index is 12.6. The minimum atomic E-state index is -0.186. The van der Waals surface area contributed by atoms with Crippen molar-refractivity contribution in [2.24, 2.45) is 0 Å². The number of aryl methyl sites for hydroxylation is 1. The van der Waals surface area contributed by atoms with E-state index in [9.17, 15) is 4.79 Å². The van der Waals surface area contributed by atoms with E-state index in [4.69, 9.17) is 16.6 Å². The summed E-state index contributed by atoms with van der Waals surface area (Å²) in [5, 5.41) is 10.8. The fraction of sp³-hybridized carbons (Fsp3) is 0.130. The first-order valence-corrected chi connectivity index (χ1v) is 11.2. The van der Waals surface area contributed by atoms with Crippen LogP contribution in [0.3, 0.4) is 0 Å². The number of nitrogens with zero attached hydrogens (tertiary/aromatic N) is 3. The lowest BCUT2D eigenvalue weighted by Crippen LogP contribution is -2.27. The highest BCUT2D eigenvalue weighted by Gasteiger charge is 2.14. The molecule has 2 N–H and O–H groups in total. The minimum absolute atomic E-state index is 0.0595. The van der Waals surface area contributed by atoms with Crippen LogP contribution in [0.25, 0.3) is 32.4 Å². The molecular weight excluding hydrogens is 442 g/mol. The van der Waals surface area contributed by atoms with Gasteiger partial charge in [-0.1, -0.05) is 42.0 Å². The highest BCUT2D eigenvalue weighted by atomic mass is 32.1. The fourth-order valence-electron chi connectivity index (χ4n) is 3.34. The van der Waals surface area contributed by atoms with Gasteiger partial charge in [-0.2, -0.15) is 5.10 Å². The highest BCUT2D eigenvalue weighted by molar-refractivity contribution is 7.71. The lowest BCUT2D eigenvalue weighted by atomic mass is 10.1. The number of carbonyl (C=O) groups is 1. The number of hydrogen-bond donors (Lipinski definition) is 2. The summed E-state index contributed by atoms with van der Waals surface area (Å²) in [6.07, 6.45) is 0. The Morgan fingerprint density at radius 1 is 1.16 bits per heavy atom. The number of amides is 1. The quantitative estimate of drug-likeness (QED) is 0.343. The Morgan fingerprint density at radius 3 is 2.78 bits per heavy atom. The van der Waals surface area contributed by atoms with Crippen molar-refractivity contribution in [2.75, 3.05) is 0 Å². The van der Waals surface area contributed by atoms with Crippen LogP contribution in [0.2, 0.25) is 0 Å². The highest BCUT2D eigenvalue weighted by Crippen LogP contribution is 2.31. The van der Waals surface area contributed by atoms with Gasteiger partial charge in [-0.25, -0.2) is 4.98 Å². The van der Waals surface area contributed by atoms with Crippen LogP contribution in [-0.2, 0) is 17.9 Å². The second kappa shape index (κ2) is 8.52. The second-order valence-corrected chi connectivity index (χ2v) is 8.75. The summed E-state index contributed by atoms with van der Waals surface area (Å²) in [5.74, 6) is 1.78. The predicted molar refractivity (Wildman–Crippen MR) is 127 cm³/mol. The molecule has 0 fully saturated rings. The van der Waals surface area contributed by atoms with Gasteiger partial charge < -0.3 is 9.73 Å². The van der Waals surface area contributed by atoms with Crippen LogP contribution in [0.1, 0.15) is 11.3 Å². The molecule has 7 nitrogen and oxygen atoms in total. The molecule has 3 aromatic heterocycles. The van der Waals surface area contributed by atoms with Gasteiger partial charge in [0.15, 0.2) is 21.4 Å². The van der Waals surface area contributed by atoms with E-state index >= 15 is 0 Å². The second-order valence-electron chi connectivity index (χ2n) is 7.33. The van der Waals surface area contributed by atoms with Crippen LogP contribution in [0.5, 0.6) is 0 Å². The van der Waals surface area contributed by atoms with E-state index in [1.54, 1.807) is 15.9 Å². The number of rotatable bonds is 6. The van der Waals surface area contributed by atoms with Gasteiger partial charge in [0, 0.05) is 5.56 Å². The minimum Gasteiger partial charge on any atom is -0.457 e. The molecule has 0 radical (unpaired) electrons. The van der Waals surface area contributed by atoms with E-state index in [1.165, 1.54) is 0 Å². The van der Waals surface area contributed by atoms with Crippen LogP contribution in [-0.4, -0.2) is 25.7 Å². The molecule has 0 unspecified atom stereocenters. The summed E-state index contributed by atoms with van der Waals surface area (Å²) in [6.45, 7) is 2.35. The number of furan rings is 1. The molecule has 1 amide bonds. The van der Waals surface area contributed by atoms with Crippen molar-refractivity contribution in [3.05, 3.63) is 76.8 Å². The summed E-state index contributed by atoms with van der Waals surface area (Å²) >= 11 is 6.90. The first-order chi connectivity index (χ1) is 15.6. The predicted octanol–water partition coefficient (Wildman–Crippen LogP) is 5.10. The average molecular weight is 462 g/mol. The van der Waals surface area contributed by atoms with Crippen LogP contribution in [0.15, 0.2) is 65.1 Å². The van der Waals surface area contributed by atoms with Crippen molar-refractivity contribution < 1.29 is 9.21 Å². The molecular formula is C23H19N5O2S2. The number of aromatic nitrogens is 4. The maximum Gasteiger partial charge on any atom is 0.240 e. The Balaban J connectivity index is 1.26. The Kier molecular flexibility index (Phi) is 5.42. The van der Waals surface area contributed by atoms with Gasteiger partial charge in [0.2, 0.25) is 5.91 Å². The molecule has 9 heteroatoms. The lowest BCUT2D eigenvalue weighted by Gasteiger charge is -2.08. The lowest BCUT2D eigenvalue weighted by molar-refractivity contribution is -0.121. The smallest absolute Gasteiger partial charge is 0.240 e. The molecule has 5 aromatic rings. The van der Waals surface area contributed by atoms with E-state index < -0.39 is 0 Å². The summed E-state index contributed by atoms with van der Waals surface area (Å²) in [6, 6.07) is 19.6. The SMILES string of the molecule is Cc1ccc(-c2n[nH]c(=S)n2CC(=O)NCc2ccc(-c3nc4ccccc4s3)o2)cc1. The molecule has 2 aromatic carbocycles. The summed E-state index contributed by atoms with van der Waals surface area (Å²) in [4.78, 5) is 17.2. The Hall–Kier alpha value is -3.56. The van der Waals surface area contributed by atoms with Gasteiger partial charge in [-0.15, -0.1) is 11.3 Å². The maximum atomic E-state index is 12.6. The van der Waals surface area contributed by atoms with Crippen molar-refractivity contribution >= 4 is 39.7 Å². The fourth-order valence-corrected chi connectivity index (χ4v) is 4.46. The third-order valence-electron chi connectivity index (χ3n) is 5.00. The summed E-state index contributed by atoms with van der Waals surface area (Å²) in [5.41, 5.74) is 2.98. The van der Waals surface area contributed by atoms with Crippen LogP contribution < -0.4 is 5.32 Å². The number of thiazole rings is 1. The Bertz CT molecular complexity index is 1430. The molecule has 32 heavy (non-hydrogen) atoms. The van der Waals surface area contributed by atoms with Gasteiger partial charge in [0.1, 0.15) is 12.3 Å². The molecule has 160 valence electrons. The molecule has 3 heterocycles. The zero-order chi connectivity index (χ0) is 22.1. The number of benzene rings is 2. The number of para-hydroxylation sites is 1. The van der Waals surface area contributed by atoms with Crippen LogP contribution in [0, 0.1) is 11.7 Å². The molecule has 0 aliphatic rings. The number of carbonyl (C=O) groups excluding carboxylic acids is 1. The zero-order valence-corrected chi connectivity index (χ0v) is 18.8. The van der Waals surface area contributed by atoms with Gasteiger partial charge in [0.25, 0.3) is 0 Å². The van der Waals surface area contributed by atoms with Crippen LogP contribution in [0.4, 0.5) is 0 Å². The first kappa shape index (κ1) is 20.3. The molecule has 0 atom stereocenters. The van der Waals surface area contributed by atoms with Crippen molar-refractivity contribution in [2.45, 2.75) is 20.0 Å². The molecule has 5 rings (SSSR count). The molecule has 0 saturated carbocycles. The largest absolute Gasteiger partial charge is 0.457 e. The normalized spacial score (nSPS) is 11.2. The van der Waals surface area contributed by atoms with Crippen molar-refractivity contribution in [1.29, 1.82) is 0 Å². The van der Waals surface area contributed by atoms with E-state index in [0.717, 1.165) is 26.4 Å².